The van der Waals surface area contributed by atoms with Crippen LogP contribution in [0.4, 0.5) is 9.18 Å². The van der Waals surface area contributed by atoms with Gasteiger partial charge in [-0.3, -0.25) is 14.5 Å². The van der Waals surface area contributed by atoms with E-state index in [1.807, 2.05) is 30.6 Å². The second-order valence-electron chi connectivity index (χ2n) is 14.0. The number of likely N-dealkylation sites (N-methyl/N-ethyl adjacent to an activating group) is 1. The summed E-state index contributed by atoms with van der Waals surface area (Å²) in [4.78, 5) is 47.2. The van der Waals surface area contributed by atoms with Gasteiger partial charge in [-0.25, -0.2) is 9.18 Å². The second-order valence-corrected chi connectivity index (χ2v) is 14.0. The van der Waals surface area contributed by atoms with E-state index in [2.05, 4.69) is 22.6 Å². The molecular formula is C32H48FN5O3. The maximum absolute atomic E-state index is 14.0. The minimum Gasteiger partial charge on any atom is -0.351 e. The average molecular weight is 570 g/mol. The van der Waals surface area contributed by atoms with Crippen LogP contribution >= 0.6 is 0 Å². The Bertz CT molecular complexity index is 1100. The number of rotatable bonds is 6. The molecule has 3 atom stereocenters. The van der Waals surface area contributed by atoms with Crippen LogP contribution in [-0.2, 0) is 16.0 Å². The summed E-state index contributed by atoms with van der Waals surface area (Å²) in [7, 11) is 2.09. The van der Waals surface area contributed by atoms with Crippen molar-refractivity contribution in [2.75, 3.05) is 33.2 Å². The third kappa shape index (κ3) is 6.55. The predicted octanol–water partition coefficient (Wildman–Crippen LogP) is 3.94. The van der Waals surface area contributed by atoms with Crippen LogP contribution in [0.1, 0.15) is 77.7 Å². The van der Waals surface area contributed by atoms with Crippen LogP contribution in [0, 0.1) is 17.2 Å². The Morgan fingerprint density at radius 3 is 2.22 bits per heavy atom. The van der Waals surface area contributed by atoms with Crippen LogP contribution in [0.3, 0.4) is 0 Å². The molecule has 0 spiro atoms. The maximum Gasteiger partial charge on any atom is 0.318 e. The molecule has 3 aliphatic heterocycles. The van der Waals surface area contributed by atoms with Crippen molar-refractivity contribution in [3.8, 4) is 0 Å². The van der Waals surface area contributed by atoms with Gasteiger partial charge in [-0.1, -0.05) is 31.4 Å². The highest BCUT2D eigenvalue weighted by atomic mass is 19.1. The normalized spacial score (nSPS) is 25.7. The van der Waals surface area contributed by atoms with E-state index in [4.69, 9.17) is 0 Å². The van der Waals surface area contributed by atoms with E-state index in [1.165, 1.54) is 18.6 Å². The number of likely N-dealkylation sites (tertiary alicyclic amines) is 3. The van der Waals surface area contributed by atoms with Crippen molar-refractivity contribution in [1.82, 2.24) is 25.3 Å². The van der Waals surface area contributed by atoms with Crippen LogP contribution < -0.4 is 10.6 Å². The first kappa shape index (κ1) is 29.8. The number of nitrogens with one attached hydrogen (secondary N) is 2. The molecule has 4 fully saturated rings. The van der Waals surface area contributed by atoms with Crippen molar-refractivity contribution in [3.05, 3.63) is 35.6 Å². The van der Waals surface area contributed by atoms with E-state index in [-0.39, 0.29) is 35.2 Å². The fourth-order valence-electron chi connectivity index (χ4n) is 7.69. The number of carbonyl (C=O) groups is 3. The third-order valence-corrected chi connectivity index (χ3v) is 10.0. The van der Waals surface area contributed by atoms with Gasteiger partial charge in [0.2, 0.25) is 11.8 Å². The number of amides is 4. The summed E-state index contributed by atoms with van der Waals surface area (Å²) in [6.45, 7) is 8.55. The van der Waals surface area contributed by atoms with Gasteiger partial charge in [-0.05, 0) is 83.5 Å². The van der Waals surface area contributed by atoms with Gasteiger partial charge < -0.3 is 20.4 Å². The zero-order chi connectivity index (χ0) is 29.4. The molecule has 226 valence electrons. The molecule has 4 amide bonds. The fraction of sp³-hybridized carbons (Fsp3) is 0.719. The van der Waals surface area contributed by atoms with Gasteiger partial charge in [-0.2, -0.15) is 0 Å². The lowest BCUT2D eigenvalue weighted by Gasteiger charge is -2.48. The van der Waals surface area contributed by atoms with Gasteiger partial charge in [0.15, 0.2) is 0 Å². The molecule has 1 aliphatic carbocycles. The zero-order valence-corrected chi connectivity index (χ0v) is 25.3. The number of carbonyl (C=O) groups excluding carboxylic acids is 3. The van der Waals surface area contributed by atoms with Crippen molar-refractivity contribution in [2.24, 2.45) is 11.3 Å². The van der Waals surface area contributed by atoms with E-state index in [9.17, 15) is 18.8 Å². The second kappa shape index (κ2) is 11.9. The Balaban J connectivity index is 1.31. The molecule has 2 N–H and O–H groups in total. The van der Waals surface area contributed by atoms with Gasteiger partial charge in [0, 0.05) is 50.2 Å². The maximum atomic E-state index is 14.0. The molecule has 1 aromatic carbocycles. The SMILES string of the molecule is CN1CC2CC1CN2C(=O)N[C@H](Cc1ccc(F)cc1)C(=O)N1CCC(C(=O)NC(C)(C)C)(C2CCCCC2)CC1. The van der Waals surface area contributed by atoms with Gasteiger partial charge >= 0.3 is 6.03 Å². The molecule has 0 aromatic heterocycles. The van der Waals surface area contributed by atoms with Gasteiger partial charge in [-0.15, -0.1) is 0 Å². The first-order valence-electron chi connectivity index (χ1n) is 15.6. The molecule has 9 heteroatoms. The number of halogens is 1. The molecule has 2 bridgehead atoms. The number of piperazine rings is 1. The summed E-state index contributed by atoms with van der Waals surface area (Å²) in [5.41, 5.74) is 0.00646. The van der Waals surface area contributed by atoms with E-state index < -0.39 is 11.5 Å². The lowest BCUT2D eigenvalue weighted by atomic mass is 9.63. The van der Waals surface area contributed by atoms with Crippen molar-refractivity contribution in [2.45, 2.75) is 102 Å². The first-order valence-corrected chi connectivity index (χ1v) is 15.6. The molecule has 8 nitrogen and oxygen atoms in total. The number of nitrogens with zero attached hydrogens (tertiary/aromatic N) is 3. The minimum absolute atomic E-state index is 0.120. The Morgan fingerprint density at radius 1 is 1.00 bits per heavy atom. The lowest BCUT2D eigenvalue weighted by molar-refractivity contribution is -0.147. The molecule has 41 heavy (non-hydrogen) atoms. The standard InChI is InChI=1S/C32H48FN5O3/c1-31(2,3)35-29(40)32(23-8-6-5-7-9-23)14-16-37(17-15-32)28(39)27(18-22-10-12-24(33)13-11-22)34-30(41)38-21-25-19-26(38)20-36(25)4/h10-13,23,25-27H,5-9,14-21H2,1-4H3,(H,34,41)(H,35,40)/t25?,26?,27-/m1/s1. The van der Waals surface area contributed by atoms with E-state index in [0.717, 1.165) is 44.2 Å². The molecule has 1 aromatic rings. The van der Waals surface area contributed by atoms with E-state index >= 15 is 0 Å². The van der Waals surface area contributed by atoms with Crippen molar-refractivity contribution in [1.29, 1.82) is 0 Å². The van der Waals surface area contributed by atoms with Crippen molar-refractivity contribution >= 4 is 17.8 Å². The third-order valence-electron chi connectivity index (χ3n) is 10.0. The topological polar surface area (TPSA) is 85.0 Å². The Labute approximate surface area is 244 Å². The summed E-state index contributed by atoms with van der Waals surface area (Å²) in [6, 6.07) is 5.71. The van der Waals surface area contributed by atoms with Crippen LogP contribution in [0.5, 0.6) is 0 Å². The van der Waals surface area contributed by atoms with Crippen LogP contribution in [0.15, 0.2) is 24.3 Å². The van der Waals surface area contributed by atoms with Crippen LogP contribution in [0.25, 0.3) is 0 Å². The summed E-state index contributed by atoms with van der Waals surface area (Å²) < 4.78 is 13.6. The molecule has 5 rings (SSSR count). The summed E-state index contributed by atoms with van der Waals surface area (Å²) in [5.74, 6) is -0.0115. The monoisotopic (exact) mass is 569 g/mol. The number of urea groups is 1. The molecule has 1 saturated carbocycles. The van der Waals surface area contributed by atoms with Gasteiger partial charge in [0.05, 0.1) is 5.41 Å². The van der Waals surface area contributed by atoms with Crippen molar-refractivity contribution < 1.29 is 18.8 Å². The van der Waals surface area contributed by atoms with E-state index in [1.54, 1.807) is 12.1 Å². The number of fused-ring (bicyclic) bond motifs is 2. The highest BCUT2D eigenvalue weighted by Gasteiger charge is 2.49. The fourth-order valence-corrected chi connectivity index (χ4v) is 7.69. The number of piperidine rings is 1. The van der Waals surface area contributed by atoms with Gasteiger partial charge in [0.1, 0.15) is 11.9 Å². The van der Waals surface area contributed by atoms with Crippen LogP contribution in [0.2, 0.25) is 0 Å². The highest BCUT2D eigenvalue weighted by molar-refractivity contribution is 5.88. The molecule has 0 radical (unpaired) electrons. The zero-order valence-electron chi connectivity index (χ0n) is 25.3. The number of hydrogen-bond acceptors (Lipinski definition) is 4. The molecule has 3 heterocycles. The first-order chi connectivity index (χ1) is 19.4. The minimum atomic E-state index is -0.754. The van der Waals surface area contributed by atoms with E-state index in [0.29, 0.717) is 50.9 Å². The molecule has 4 aliphatic rings. The Kier molecular flexibility index (Phi) is 8.65. The summed E-state index contributed by atoms with van der Waals surface area (Å²) in [6.07, 6.45) is 8.15. The van der Waals surface area contributed by atoms with Crippen molar-refractivity contribution in [3.63, 3.8) is 0 Å². The van der Waals surface area contributed by atoms with Gasteiger partial charge in [0.25, 0.3) is 0 Å². The predicted molar refractivity (Wildman–Crippen MR) is 157 cm³/mol. The summed E-state index contributed by atoms with van der Waals surface area (Å²) >= 11 is 0. The average Bonchev–Trinajstić information content (AvgIpc) is 3.53. The number of benzene rings is 1. The lowest BCUT2D eigenvalue weighted by Crippen LogP contribution is -2.60. The smallest absolute Gasteiger partial charge is 0.318 e. The Hall–Kier alpha value is -2.68. The largest absolute Gasteiger partial charge is 0.351 e. The van der Waals surface area contributed by atoms with Crippen LogP contribution in [-0.4, -0.2) is 89.4 Å². The summed E-state index contributed by atoms with van der Waals surface area (Å²) in [5, 5.41) is 6.33. The number of hydrogen-bond donors (Lipinski definition) is 2. The molecule has 3 saturated heterocycles. The highest BCUT2D eigenvalue weighted by Crippen LogP contribution is 2.46. The molecular weight excluding hydrogens is 521 g/mol. The quantitative estimate of drug-likeness (QED) is 0.544. The Morgan fingerprint density at radius 2 is 1.66 bits per heavy atom. The molecule has 2 unspecified atom stereocenters.